The molecular formula is C15H29N3. The monoisotopic (exact) mass is 251 g/mol. The minimum atomic E-state index is -0.273. The molecule has 0 bridgehead atoms. The molecule has 0 saturated heterocycles. The molecule has 18 heavy (non-hydrogen) atoms. The van der Waals surface area contributed by atoms with E-state index >= 15 is 0 Å². The lowest BCUT2D eigenvalue weighted by molar-refractivity contribution is 0.162. The molecule has 0 aromatic rings. The molecule has 1 aliphatic carbocycles. The van der Waals surface area contributed by atoms with Crippen molar-refractivity contribution in [1.29, 1.82) is 5.26 Å². The van der Waals surface area contributed by atoms with E-state index in [2.05, 4.69) is 51.0 Å². The van der Waals surface area contributed by atoms with Crippen molar-refractivity contribution in [1.82, 2.24) is 10.2 Å². The molecule has 3 heteroatoms. The van der Waals surface area contributed by atoms with Gasteiger partial charge in [-0.15, -0.1) is 0 Å². The maximum absolute atomic E-state index is 9.40. The van der Waals surface area contributed by atoms with Crippen LogP contribution < -0.4 is 5.32 Å². The molecule has 3 atom stereocenters. The molecule has 0 amide bonds. The maximum atomic E-state index is 9.40. The van der Waals surface area contributed by atoms with E-state index in [1.54, 1.807) is 0 Å². The fraction of sp³-hybridized carbons (Fsp3) is 0.933. The van der Waals surface area contributed by atoms with Crippen LogP contribution in [-0.2, 0) is 0 Å². The second kappa shape index (κ2) is 6.54. The minimum Gasteiger partial charge on any atom is -0.301 e. The summed E-state index contributed by atoms with van der Waals surface area (Å²) >= 11 is 0. The number of nitrogens with one attached hydrogen (secondary N) is 1. The Balaban J connectivity index is 2.57. The van der Waals surface area contributed by atoms with E-state index in [1.807, 2.05) is 0 Å². The Kier molecular flexibility index (Phi) is 5.62. The van der Waals surface area contributed by atoms with Crippen LogP contribution in [0.4, 0.5) is 0 Å². The standard InChI is InChI=1S/C15H29N3/c1-6-17-15(11-16)8-7-14(10-15)18(5)13(4)9-12(2)3/h12-14,17H,6-10H2,1-5H3. The zero-order chi connectivity index (χ0) is 13.8. The van der Waals surface area contributed by atoms with Crippen molar-refractivity contribution < 1.29 is 0 Å². The second-order valence-electron chi connectivity index (χ2n) is 6.26. The van der Waals surface area contributed by atoms with Crippen LogP contribution in [0.3, 0.4) is 0 Å². The van der Waals surface area contributed by atoms with Gasteiger partial charge in [0, 0.05) is 12.1 Å². The third kappa shape index (κ3) is 3.70. The lowest BCUT2D eigenvalue weighted by Gasteiger charge is -2.32. The maximum Gasteiger partial charge on any atom is 0.108 e. The van der Waals surface area contributed by atoms with Crippen LogP contribution in [0.1, 0.15) is 53.4 Å². The number of hydrogen-bond donors (Lipinski definition) is 1. The molecular weight excluding hydrogens is 222 g/mol. The molecule has 0 radical (unpaired) electrons. The number of hydrogen-bond acceptors (Lipinski definition) is 3. The fourth-order valence-electron chi connectivity index (χ4n) is 3.22. The molecule has 0 aliphatic heterocycles. The first-order valence-corrected chi connectivity index (χ1v) is 7.32. The van der Waals surface area contributed by atoms with Crippen LogP contribution in [0.5, 0.6) is 0 Å². The largest absolute Gasteiger partial charge is 0.301 e. The molecule has 1 rings (SSSR count). The molecule has 104 valence electrons. The summed E-state index contributed by atoms with van der Waals surface area (Å²) in [7, 11) is 2.22. The Hall–Kier alpha value is -0.590. The third-order valence-corrected chi connectivity index (χ3v) is 4.30. The summed E-state index contributed by atoms with van der Waals surface area (Å²) < 4.78 is 0. The highest BCUT2D eigenvalue weighted by atomic mass is 15.2. The summed E-state index contributed by atoms with van der Waals surface area (Å²) in [6.45, 7) is 9.82. The van der Waals surface area contributed by atoms with Crippen LogP contribution in [0, 0.1) is 17.2 Å². The first-order valence-electron chi connectivity index (χ1n) is 7.32. The molecule has 1 saturated carbocycles. The molecule has 3 nitrogen and oxygen atoms in total. The molecule has 0 aromatic heterocycles. The van der Waals surface area contributed by atoms with Crippen molar-refractivity contribution in [3.05, 3.63) is 0 Å². The number of rotatable bonds is 6. The van der Waals surface area contributed by atoms with Gasteiger partial charge in [-0.25, -0.2) is 0 Å². The molecule has 1 N–H and O–H groups in total. The fourth-order valence-corrected chi connectivity index (χ4v) is 3.22. The Labute approximate surface area is 113 Å². The zero-order valence-corrected chi connectivity index (χ0v) is 12.7. The van der Waals surface area contributed by atoms with Crippen molar-refractivity contribution in [2.24, 2.45) is 5.92 Å². The lowest BCUT2D eigenvalue weighted by Crippen LogP contribution is -2.44. The smallest absolute Gasteiger partial charge is 0.108 e. The van der Waals surface area contributed by atoms with Gasteiger partial charge in [0.05, 0.1) is 6.07 Å². The van der Waals surface area contributed by atoms with Gasteiger partial charge in [0.1, 0.15) is 5.54 Å². The van der Waals surface area contributed by atoms with Crippen molar-refractivity contribution in [3.8, 4) is 6.07 Å². The van der Waals surface area contributed by atoms with Crippen molar-refractivity contribution in [3.63, 3.8) is 0 Å². The summed E-state index contributed by atoms with van der Waals surface area (Å²) in [5.41, 5.74) is -0.273. The average Bonchev–Trinajstić information content (AvgIpc) is 2.72. The van der Waals surface area contributed by atoms with Crippen molar-refractivity contribution >= 4 is 0 Å². The molecule has 1 fully saturated rings. The van der Waals surface area contributed by atoms with Crippen molar-refractivity contribution in [2.75, 3.05) is 13.6 Å². The Bertz CT molecular complexity index is 295. The topological polar surface area (TPSA) is 39.1 Å². The molecule has 3 unspecified atom stereocenters. The Morgan fingerprint density at radius 2 is 2.11 bits per heavy atom. The lowest BCUT2D eigenvalue weighted by atomic mass is 9.98. The highest BCUT2D eigenvalue weighted by Gasteiger charge is 2.40. The first kappa shape index (κ1) is 15.5. The molecule has 0 aromatic carbocycles. The average molecular weight is 251 g/mol. The van der Waals surface area contributed by atoms with Gasteiger partial charge in [0.2, 0.25) is 0 Å². The number of nitrogens with zero attached hydrogens (tertiary/aromatic N) is 2. The quantitative estimate of drug-likeness (QED) is 0.789. The zero-order valence-electron chi connectivity index (χ0n) is 12.7. The van der Waals surface area contributed by atoms with Crippen LogP contribution in [0.15, 0.2) is 0 Å². The summed E-state index contributed by atoms with van der Waals surface area (Å²) in [6.07, 6.45) is 4.32. The van der Waals surface area contributed by atoms with Gasteiger partial charge in [-0.05, 0) is 52.1 Å². The predicted octanol–water partition coefficient (Wildman–Crippen LogP) is 2.78. The summed E-state index contributed by atoms with van der Waals surface area (Å²) in [4.78, 5) is 2.48. The van der Waals surface area contributed by atoms with Gasteiger partial charge in [-0.2, -0.15) is 5.26 Å². The highest BCUT2D eigenvalue weighted by molar-refractivity contribution is 5.13. The van der Waals surface area contributed by atoms with E-state index in [9.17, 15) is 5.26 Å². The summed E-state index contributed by atoms with van der Waals surface area (Å²) in [6, 6.07) is 3.66. The second-order valence-corrected chi connectivity index (χ2v) is 6.26. The first-order chi connectivity index (χ1) is 8.44. The van der Waals surface area contributed by atoms with Gasteiger partial charge in [0.25, 0.3) is 0 Å². The van der Waals surface area contributed by atoms with Crippen LogP contribution in [0.2, 0.25) is 0 Å². The van der Waals surface area contributed by atoms with E-state index in [0.717, 1.165) is 31.7 Å². The van der Waals surface area contributed by atoms with Gasteiger partial charge in [0.15, 0.2) is 0 Å². The van der Waals surface area contributed by atoms with Crippen LogP contribution in [-0.4, -0.2) is 36.1 Å². The van der Waals surface area contributed by atoms with Crippen LogP contribution >= 0.6 is 0 Å². The normalized spacial score (nSPS) is 29.8. The van der Waals surface area contributed by atoms with Gasteiger partial charge >= 0.3 is 0 Å². The summed E-state index contributed by atoms with van der Waals surface area (Å²) in [5, 5.41) is 12.8. The van der Waals surface area contributed by atoms with Gasteiger partial charge in [-0.1, -0.05) is 20.8 Å². The molecule has 1 aliphatic rings. The highest BCUT2D eigenvalue weighted by Crippen LogP contribution is 2.33. The third-order valence-electron chi connectivity index (χ3n) is 4.30. The van der Waals surface area contributed by atoms with E-state index in [-0.39, 0.29) is 5.54 Å². The van der Waals surface area contributed by atoms with E-state index in [4.69, 9.17) is 0 Å². The van der Waals surface area contributed by atoms with E-state index in [0.29, 0.717) is 12.1 Å². The summed E-state index contributed by atoms with van der Waals surface area (Å²) in [5.74, 6) is 0.735. The van der Waals surface area contributed by atoms with E-state index in [1.165, 1.54) is 6.42 Å². The minimum absolute atomic E-state index is 0.273. The predicted molar refractivity (Wildman–Crippen MR) is 76.3 cm³/mol. The molecule has 0 spiro atoms. The Morgan fingerprint density at radius 1 is 1.44 bits per heavy atom. The Morgan fingerprint density at radius 3 is 2.61 bits per heavy atom. The van der Waals surface area contributed by atoms with Crippen LogP contribution in [0.25, 0.3) is 0 Å². The molecule has 0 heterocycles. The van der Waals surface area contributed by atoms with Crippen molar-refractivity contribution in [2.45, 2.75) is 71.0 Å². The SMILES string of the molecule is CCNC1(C#N)CCC(N(C)C(C)CC(C)C)C1. The van der Waals surface area contributed by atoms with Gasteiger partial charge in [-0.3, -0.25) is 5.32 Å². The van der Waals surface area contributed by atoms with E-state index < -0.39 is 0 Å². The van der Waals surface area contributed by atoms with Gasteiger partial charge < -0.3 is 4.90 Å². The number of nitriles is 1.